The molecule has 0 saturated carbocycles. The van der Waals surface area contributed by atoms with Crippen LogP contribution < -0.4 is 0 Å². The Morgan fingerprint density at radius 2 is 1.25 bits per heavy atom. The van der Waals surface area contributed by atoms with Crippen LogP contribution in [-0.2, 0) is 0 Å². The van der Waals surface area contributed by atoms with Crippen molar-refractivity contribution in [2.45, 2.75) is 27.6 Å². The van der Waals surface area contributed by atoms with Crippen molar-refractivity contribution in [1.82, 2.24) is 4.98 Å². The van der Waals surface area contributed by atoms with E-state index in [1.54, 1.807) is 12.4 Å². The van der Waals surface area contributed by atoms with Gasteiger partial charge in [-0.05, 0) is 18.1 Å². The first kappa shape index (κ1) is 13.8. The summed E-state index contributed by atoms with van der Waals surface area (Å²) >= 11 is 0. The minimum Gasteiger partial charge on any atom is -0.265 e. The standard InChI is InChI=1S/C5H5N.C4H10.CH3B/c1-2-4-6-5-3-1;1-4(2)3;1-2/h1-5H;4H,1-3H3;1H3. The van der Waals surface area contributed by atoms with E-state index in [0.29, 0.717) is 0 Å². The third-order valence-corrected chi connectivity index (χ3v) is 0.566. The van der Waals surface area contributed by atoms with Crippen LogP contribution in [0.15, 0.2) is 30.6 Å². The van der Waals surface area contributed by atoms with Crippen molar-refractivity contribution in [2.24, 2.45) is 5.92 Å². The molecule has 2 heteroatoms. The van der Waals surface area contributed by atoms with Gasteiger partial charge in [0.15, 0.2) is 0 Å². The topological polar surface area (TPSA) is 12.9 Å². The Morgan fingerprint density at radius 1 is 0.917 bits per heavy atom. The molecule has 12 heavy (non-hydrogen) atoms. The highest BCUT2D eigenvalue weighted by Crippen LogP contribution is 1.81. The molecule has 0 amide bonds. The molecular formula is C10H18BN. The van der Waals surface area contributed by atoms with E-state index in [0.717, 1.165) is 5.92 Å². The highest BCUT2D eigenvalue weighted by molar-refractivity contribution is 6.05. The van der Waals surface area contributed by atoms with E-state index in [1.165, 1.54) is 6.82 Å². The molecule has 0 aliphatic carbocycles. The SMILES string of the molecule is CC(C)C.[B]C.c1ccncc1. The molecule has 0 unspecified atom stereocenters. The van der Waals surface area contributed by atoms with E-state index in [1.807, 2.05) is 18.2 Å². The maximum atomic E-state index is 4.50. The van der Waals surface area contributed by atoms with Crippen molar-refractivity contribution in [3.63, 3.8) is 0 Å². The summed E-state index contributed by atoms with van der Waals surface area (Å²) in [5.41, 5.74) is 0. The van der Waals surface area contributed by atoms with E-state index >= 15 is 0 Å². The number of nitrogens with zero attached hydrogens (tertiary/aromatic N) is 1. The molecule has 0 saturated heterocycles. The second kappa shape index (κ2) is 12.9. The van der Waals surface area contributed by atoms with Crippen molar-refractivity contribution < 1.29 is 0 Å². The van der Waals surface area contributed by atoms with Crippen LogP contribution in [0.2, 0.25) is 6.82 Å². The van der Waals surface area contributed by atoms with Gasteiger partial charge >= 0.3 is 0 Å². The summed E-state index contributed by atoms with van der Waals surface area (Å²) in [5, 5.41) is 0. The fraction of sp³-hybridized carbons (Fsp3) is 0.500. The molecule has 0 fully saturated rings. The zero-order chi connectivity index (χ0) is 9.82. The summed E-state index contributed by atoms with van der Waals surface area (Å²) in [4.78, 5) is 3.78. The minimum absolute atomic E-state index is 0.833. The maximum Gasteiger partial charge on any atom is 0.0606 e. The summed E-state index contributed by atoms with van der Waals surface area (Å²) in [6, 6.07) is 5.72. The molecule has 2 radical (unpaired) electrons. The zero-order valence-electron chi connectivity index (χ0n) is 8.49. The Balaban J connectivity index is 0. The normalized spacial score (nSPS) is 7.42. The first-order chi connectivity index (χ1) is 5.73. The van der Waals surface area contributed by atoms with Crippen LogP contribution in [0.4, 0.5) is 0 Å². The predicted octanol–water partition coefficient (Wildman–Crippen LogP) is 2.95. The predicted molar refractivity (Wildman–Crippen MR) is 56.4 cm³/mol. The Labute approximate surface area is 77.6 Å². The van der Waals surface area contributed by atoms with E-state index < -0.39 is 0 Å². The molecule has 66 valence electrons. The Kier molecular flexibility index (Phi) is 14.8. The van der Waals surface area contributed by atoms with Gasteiger partial charge in [-0.3, -0.25) is 4.98 Å². The lowest BCUT2D eigenvalue weighted by atomic mass is 10.2. The molecular weight excluding hydrogens is 145 g/mol. The molecule has 0 atom stereocenters. The molecule has 0 aliphatic rings. The van der Waals surface area contributed by atoms with Crippen molar-refractivity contribution >= 4 is 7.85 Å². The second-order valence-corrected chi connectivity index (χ2v) is 2.76. The Bertz CT molecular complexity index is 110. The number of hydrogen-bond acceptors (Lipinski definition) is 1. The summed E-state index contributed by atoms with van der Waals surface area (Å²) < 4.78 is 0. The zero-order valence-corrected chi connectivity index (χ0v) is 8.49. The van der Waals surface area contributed by atoms with Crippen LogP contribution in [0.5, 0.6) is 0 Å². The Hall–Kier alpha value is -0.785. The van der Waals surface area contributed by atoms with Crippen molar-refractivity contribution in [3.05, 3.63) is 30.6 Å². The van der Waals surface area contributed by atoms with Crippen LogP contribution in [0.25, 0.3) is 0 Å². The van der Waals surface area contributed by atoms with Gasteiger partial charge in [-0.25, -0.2) is 0 Å². The minimum atomic E-state index is 0.833. The third-order valence-electron chi connectivity index (χ3n) is 0.566. The summed E-state index contributed by atoms with van der Waals surface area (Å²) in [6.07, 6.45) is 3.50. The van der Waals surface area contributed by atoms with Gasteiger partial charge in [0.05, 0.1) is 7.85 Å². The van der Waals surface area contributed by atoms with Gasteiger partial charge in [0.2, 0.25) is 0 Å². The molecule has 1 rings (SSSR count). The average Bonchev–Trinajstić information content (AvgIpc) is 2.10. The number of rotatable bonds is 0. The van der Waals surface area contributed by atoms with E-state index in [-0.39, 0.29) is 0 Å². The summed E-state index contributed by atoms with van der Waals surface area (Å²) in [7, 11) is 4.50. The lowest BCUT2D eigenvalue weighted by Crippen LogP contribution is -1.66. The fourth-order valence-electron chi connectivity index (χ4n) is 0.313. The van der Waals surface area contributed by atoms with Gasteiger partial charge in [-0.2, -0.15) is 0 Å². The number of aromatic nitrogens is 1. The van der Waals surface area contributed by atoms with Crippen LogP contribution in [0.1, 0.15) is 20.8 Å². The van der Waals surface area contributed by atoms with Crippen LogP contribution >= 0.6 is 0 Å². The van der Waals surface area contributed by atoms with Gasteiger partial charge in [0.1, 0.15) is 0 Å². The molecule has 1 aromatic heterocycles. The molecule has 0 aromatic carbocycles. The number of pyridine rings is 1. The molecule has 0 aliphatic heterocycles. The highest BCUT2D eigenvalue weighted by Gasteiger charge is 1.68. The second-order valence-electron chi connectivity index (χ2n) is 2.76. The van der Waals surface area contributed by atoms with Gasteiger partial charge in [0, 0.05) is 12.4 Å². The van der Waals surface area contributed by atoms with Gasteiger partial charge in [-0.15, -0.1) is 0 Å². The van der Waals surface area contributed by atoms with E-state index in [2.05, 4.69) is 33.6 Å². The van der Waals surface area contributed by atoms with Gasteiger partial charge in [-0.1, -0.05) is 33.7 Å². The number of hydrogen-bond donors (Lipinski definition) is 0. The first-order valence-electron chi connectivity index (χ1n) is 4.16. The van der Waals surface area contributed by atoms with Crippen molar-refractivity contribution in [3.8, 4) is 0 Å². The Morgan fingerprint density at radius 3 is 1.33 bits per heavy atom. The quantitative estimate of drug-likeness (QED) is 0.535. The first-order valence-corrected chi connectivity index (χ1v) is 4.16. The molecule has 1 heterocycles. The molecule has 0 spiro atoms. The summed E-state index contributed by atoms with van der Waals surface area (Å²) in [6.45, 7) is 8.00. The lowest BCUT2D eigenvalue weighted by Gasteiger charge is -1.79. The van der Waals surface area contributed by atoms with E-state index in [9.17, 15) is 0 Å². The highest BCUT2D eigenvalue weighted by atomic mass is 14.6. The summed E-state index contributed by atoms with van der Waals surface area (Å²) in [5.74, 6) is 0.833. The lowest BCUT2D eigenvalue weighted by molar-refractivity contribution is 0.737. The van der Waals surface area contributed by atoms with Gasteiger partial charge < -0.3 is 0 Å². The molecule has 0 bridgehead atoms. The van der Waals surface area contributed by atoms with Gasteiger partial charge in [0.25, 0.3) is 0 Å². The van der Waals surface area contributed by atoms with Crippen molar-refractivity contribution in [2.75, 3.05) is 0 Å². The molecule has 0 N–H and O–H groups in total. The largest absolute Gasteiger partial charge is 0.265 e. The smallest absolute Gasteiger partial charge is 0.0606 e. The maximum absolute atomic E-state index is 4.50. The van der Waals surface area contributed by atoms with E-state index in [4.69, 9.17) is 0 Å². The van der Waals surface area contributed by atoms with Crippen molar-refractivity contribution in [1.29, 1.82) is 0 Å². The monoisotopic (exact) mass is 163 g/mol. The third kappa shape index (κ3) is 22.9. The van der Waals surface area contributed by atoms with Crippen LogP contribution in [0.3, 0.4) is 0 Å². The fourth-order valence-corrected chi connectivity index (χ4v) is 0.313. The molecule has 1 nitrogen and oxygen atoms in total. The van der Waals surface area contributed by atoms with Crippen LogP contribution in [0, 0.1) is 5.92 Å². The molecule has 1 aromatic rings. The van der Waals surface area contributed by atoms with Crippen LogP contribution in [-0.4, -0.2) is 12.8 Å². The average molecular weight is 163 g/mol.